The first-order chi connectivity index (χ1) is 6.69. The molecule has 0 bridgehead atoms. The van der Waals surface area contributed by atoms with Crippen molar-refractivity contribution in [1.82, 2.24) is 5.32 Å². The molecule has 0 amide bonds. The average Bonchev–Trinajstić information content (AvgIpc) is 2.19. The second-order valence-electron chi connectivity index (χ2n) is 2.86. The van der Waals surface area contributed by atoms with Crippen LogP contribution in [0.15, 0.2) is 12.1 Å². The lowest BCUT2D eigenvalue weighted by Crippen LogP contribution is -2.12. The van der Waals surface area contributed by atoms with E-state index >= 15 is 0 Å². The van der Waals surface area contributed by atoms with Crippen molar-refractivity contribution in [2.45, 2.75) is 13.5 Å². The van der Waals surface area contributed by atoms with E-state index in [1.54, 1.807) is 13.2 Å². The molecule has 4 heteroatoms. The van der Waals surface area contributed by atoms with Gasteiger partial charge in [0.2, 0.25) is 0 Å². The lowest BCUT2D eigenvalue weighted by molar-refractivity contribution is 0.408. The van der Waals surface area contributed by atoms with Crippen molar-refractivity contribution in [2.75, 3.05) is 13.7 Å². The molecule has 2 nitrogen and oxygen atoms in total. The van der Waals surface area contributed by atoms with E-state index < -0.39 is 0 Å². The summed E-state index contributed by atoms with van der Waals surface area (Å²) in [6.07, 6.45) is 0. The maximum atomic E-state index is 5.91. The molecule has 0 aliphatic heterocycles. The molecule has 0 aliphatic rings. The number of nitrogens with one attached hydrogen (secondary N) is 1. The maximum absolute atomic E-state index is 5.91. The molecule has 1 rings (SSSR count). The van der Waals surface area contributed by atoms with Gasteiger partial charge in [-0.2, -0.15) is 0 Å². The van der Waals surface area contributed by atoms with Crippen molar-refractivity contribution < 1.29 is 4.74 Å². The van der Waals surface area contributed by atoms with Crippen molar-refractivity contribution in [3.8, 4) is 5.75 Å². The largest absolute Gasteiger partial charge is 0.496 e. The van der Waals surface area contributed by atoms with Crippen molar-refractivity contribution >= 4 is 23.2 Å². The quantitative estimate of drug-likeness (QED) is 0.864. The molecule has 0 atom stereocenters. The molecule has 1 aromatic rings. The van der Waals surface area contributed by atoms with E-state index in [1.165, 1.54) is 0 Å². The van der Waals surface area contributed by atoms with Crippen LogP contribution in [0.4, 0.5) is 0 Å². The summed E-state index contributed by atoms with van der Waals surface area (Å²) in [6, 6.07) is 3.56. The third-order valence-electron chi connectivity index (χ3n) is 1.89. The fraction of sp³-hybridized carbons (Fsp3) is 0.400. The van der Waals surface area contributed by atoms with Crippen LogP contribution in [-0.2, 0) is 6.54 Å². The van der Waals surface area contributed by atoms with Crippen LogP contribution in [0, 0.1) is 0 Å². The highest BCUT2D eigenvalue weighted by Gasteiger charge is 2.07. The molecule has 14 heavy (non-hydrogen) atoms. The summed E-state index contributed by atoms with van der Waals surface area (Å²) in [4.78, 5) is 0. The van der Waals surface area contributed by atoms with E-state index in [1.807, 2.05) is 13.0 Å². The molecule has 1 aromatic carbocycles. The standard InChI is InChI=1S/C10H13Cl2NO/c1-3-13-6-7-4-8(11)9(12)5-10(7)14-2/h4-5,13H,3,6H2,1-2H3. The monoisotopic (exact) mass is 233 g/mol. The summed E-state index contributed by atoms with van der Waals surface area (Å²) in [7, 11) is 1.62. The number of methoxy groups -OCH3 is 1. The Morgan fingerprint density at radius 1 is 1.29 bits per heavy atom. The van der Waals surface area contributed by atoms with E-state index in [0.717, 1.165) is 24.4 Å². The van der Waals surface area contributed by atoms with Gasteiger partial charge in [-0.1, -0.05) is 30.1 Å². The molecule has 0 aromatic heterocycles. The number of rotatable bonds is 4. The van der Waals surface area contributed by atoms with Crippen molar-refractivity contribution in [3.63, 3.8) is 0 Å². The van der Waals surface area contributed by atoms with Gasteiger partial charge < -0.3 is 10.1 Å². The van der Waals surface area contributed by atoms with Crippen LogP contribution in [0.2, 0.25) is 10.0 Å². The van der Waals surface area contributed by atoms with Gasteiger partial charge in [-0.3, -0.25) is 0 Å². The van der Waals surface area contributed by atoms with Crippen LogP contribution < -0.4 is 10.1 Å². The topological polar surface area (TPSA) is 21.3 Å². The van der Waals surface area contributed by atoms with Crippen LogP contribution in [0.25, 0.3) is 0 Å². The number of hydrogen-bond acceptors (Lipinski definition) is 2. The molecule has 1 N–H and O–H groups in total. The number of ether oxygens (including phenoxy) is 1. The van der Waals surface area contributed by atoms with Gasteiger partial charge in [-0.05, 0) is 12.6 Å². The third-order valence-corrected chi connectivity index (χ3v) is 2.61. The van der Waals surface area contributed by atoms with Crippen molar-refractivity contribution in [1.29, 1.82) is 0 Å². The number of benzene rings is 1. The molecular formula is C10H13Cl2NO. The molecular weight excluding hydrogens is 221 g/mol. The van der Waals surface area contributed by atoms with Crippen molar-refractivity contribution in [2.24, 2.45) is 0 Å². The van der Waals surface area contributed by atoms with Gasteiger partial charge >= 0.3 is 0 Å². The number of hydrogen-bond donors (Lipinski definition) is 1. The smallest absolute Gasteiger partial charge is 0.124 e. The maximum Gasteiger partial charge on any atom is 0.124 e. The minimum absolute atomic E-state index is 0.517. The van der Waals surface area contributed by atoms with Gasteiger partial charge in [0.15, 0.2) is 0 Å². The Kier molecular flexibility index (Phi) is 4.52. The molecule has 0 heterocycles. The molecule has 0 fully saturated rings. The zero-order chi connectivity index (χ0) is 10.6. The van der Waals surface area contributed by atoms with Crippen LogP contribution in [0.5, 0.6) is 5.75 Å². The highest BCUT2D eigenvalue weighted by molar-refractivity contribution is 6.42. The second-order valence-corrected chi connectivity index (χ2v) is 3.67. The van der Waals surface area contributed by atoms with Crippen LogP contribution in [0.1, 0.15) is 12.5 Å². The Morgan fingerprint density at radius 2 is 1.93 bits per heavy atom. The Hall–Kier alpha value is -0.440. The second kappa shape index (κ2) is 5.44. The zero-order valence-corrected chi connectivity index (χ0v) is 9.74. The molecule has 0 spiro atoms. The minimum Gasteiger partial charge on any atom is -0.496 e. The zero-order valence-electron chi connectivity index (χ0n) is 8.23. The summed E-state index contributed by atoms with van der Waals surface area (Å²) in [6.45, 7) is 3.68. The van der Waals surface area contributed by atoms with Gasteiger partial charge in [-0.15, -0.1) is 0 Å². The predicted octanol–water partition coefficient (Wildman–Crippen LogP) is 3.11. The SMILES string of the molecule is CCNCc1cc(Cl)c(Cl)cc1OC. The van der Waals surface area contributed by atoms with Gasteiger partial charge in [0, 0.05) is 18.2 Å². The van der Waals surface area contributed by atoms with E-state index in [2.05, 4.69) is 5.32 Å². The molecule has 78 valence electrons. The highest BCUT2D eigenvalue weighted by Crippen LogP contribution is 2.30. The summed E-state index contributed by atoms with van der Waals surface area (Å²) in [5, 5.41) is 4.28. The lowest BCUT2D eigenvalue weighted by Gasteiger charge is -2.10. The Balaban J connectivity index is 2.95. The normalized spacial score (nSPS) is 10.3. The average molecular weight is 234 g/mol. The van der Waals surface area contributed by atoms with Gasteiger partial charge in [0.1, 0.15) is 5.75 Å². The fourth-order valence-corrected chi connectivity index (χ4v) is 1.50. The molecule has 0 saturated heterocycles. The molecule has 0 saturated carbocycles. The third kappa shape index (κ3) is 2.77. The predicted molar refractivity (Wildman–Crippen MR) is 60.4 cm³/mol. The first kappa shape index (κ1) is 11.6. The molecule has 0 radical (unpaired) electrons. The first-order valence-electron chi connectivity index (χ1n) is 4.41. The Bertz CT molecular complexity index is 315. The molecule has 0 unspecified atom stereocenters. The van der Waals surface area contributed by atoms with Gasteiger partial charge in [-0.25, -0.2) is 0 Å². The van der Waals surface area contributed by atoms with Crippen molar-refractivity contribution in [3.05, 3.63) is 27.7 Å². The van der Waals surface area contributed by atoms with Crippen LogP contribution >= 0.6 is 23.2 Å². The summed E-state index contributed by atoms with van der Waals surface area (Å²) >= 11 is 11.8. The molecule has 0 aliphatic carbocycles. The summed E-state index contributed by atoms with van der Waals surface area (Å²) in [5.41, 5.74) is 1.02. The Labute approximate surface area is 94.2 Å². The summed E-state index contributed by atoms with van der Waals surface area (Å²) in [5.74, 6) is 0.764. The van der Waals surface area contributed by atoms with Crippen LogP contribution in [-0.4, -0.2) is 13.7 Å². The summed E-state index contributed by atoms with van der Waals surface area (Å²) < 4.78 is 5.20. The highest BCUT2D eigenvalue weighted by atomic mass is 35.5. The fourth-order valence-electron chi connectivity index (χ4n) is 1.16. The minimum atomic E-state index is 0.517. The number of halogens is 2. The van der Waals surface area contributed by atoms with Crippen LogP contribution in [0.3, 0.4) is 0 Å². The van der Waals surface area contributed by atoms with E-state index in [9.17, 15) is 0 Å². The van der Waals surface area contributed by atoms with Gasteiger partial charge in [0.25, 0.3) is 0 Å². The van der Waals surface area contributed by atoms with E-state index in [4.69, 9.17) is 27.9 Å². The van der Waals surface area contributed by atoms with Gasteiger partial charge in [0.05, 0.1) is 17.2 Å². The van der Waals surface area contributed by atoms with E-state index in [-0.39, 0.29) is 0 Å². The van der Waals surface area contributed by atoms with E-state index in [0.29, 0.717) is 10.0 Å². The Morgan fingerprint density at radius 3 is 2.50 bits per heavy atom. The lowest BCUT2D eigenvalue weighted by atomic mass is 10.2. The first-order valence-corrected chi connectivity index (χ1v) is 5.17.